The molecule has 3 fully saturated rings. The number of fused-ring (bicyclic) bond motifs is 5. The number of rotatable bonds is 4. The quantitative estimate of drug-likeness (QED) is 0.510. The molecular weight excluding hydrogens is 348 g/mol. The van der Waals surface area contributed by atoms with Crippen molar-refractivity contribution in [3.8, 4) is 0 Å². The number of ether oxygens (including phenoxy) is 1. The second-order valence-corrected chi connectivity index (χ2v) is 11.0. The van der Waals surface area contributed by atoms with Gasteiger partial charge in [-0.1, -0.05) is 32.4 Å². The van der Waals surface area contributed by atoms with Crippen molar-refractivity contribution in [2.75, 3.05) is 7.11 Å². The Kier molecular flexibility index (Phi) is 5.44. The smallest absolute Gasteiger partial charge is 0.305 e. The van der Waals surface area contributed by atoms with Crippen molar-refractivity contribution in [1.29, 1.82) is 0 Å². The van der Waals surface area contributed by atoms with E-state index in [0.717, 1.165) is 42.9 Å². The zero-order valence-electron chi connectivity index (χ0n) is 18.4. The van der Waals surface area contributed by atoms with Gasteiger partial charge in [-0.05, 0) is 98.2 Å². The van der Waals surface area contributed by atoms with E-state index in [-0.39, 0.29) is 12.1 Å². The molecule has 0 unspecified atom stereocenters. The maximum atomic E-state index is 11.6. The third-order valence-corrected chi connectivity index (χ3v) is 9.87. The minimum Gasteiger partial charge on any atom is -0.469 e. The molecule has 0 aromatic rings. The number of aliphatic hydroxyl groups excluding tert-OH is 1. The summed E-state index contributed by atoms with van der Waals surface area (Å²) >= 11 is 0. The molecule has 1 N–H and O–H groups in total. The number of aliphatic hydroxyl groups is 1. The van der Waals surface area contributed by atoms with Crippen LogP contribution in [0.3, 0.4) is 0 Å². The second-order valence-electron chi connectivity index (χ2n) is 11.0. The molecule has 8 atom stereocenters. The van der Waals surface area contributed by atoms with Crippen molar-refractivity contribution in [3.63, 3.8) is 0 Å². The third-order valence-electron chi connectivity index (χ3n) is 9.87. The Morgan fingerprint density at radius 3 is 2.75 bits per heavy atom. The molecule has 4 aliphatic carbocycles. The van der Waals surface area contributed by atoms with Crippen LogP contribution < -0.4 is 0 Å². The third kappa shape index (κ3) is 3.16. The van der Waals surface area contributed by atoms with E-state index >= 15 is 0 Å². The van der Waals surface area contributed by atoms with Crippen molar-refractivity contribution in [1.82, 2.24) is 0 Å². The molecule has 0 saturated heterocycles. The fourth-order valence-corrected chi connectivity index (χ4v) is 8.27. The summed E-state index contributed by atoms with van der Waals surface area (Å²) in [6.07, 6.45) is 13.6. The van der Waals surface area contributed by atoms with Gasteiger partial charge < -0.3 is 9.84 Å². The van der Waals surface area contributed by atoms with Gasteiger partial charge in [0.25, 0.3) is 0 Å². The Bertz CT molecular complexity index is 640. The number of carbonyl (C=O) groups is 1. The molecular formula is C25H40O3. The summed E-state index contributed by atoms with van der Waals surface area (Å²) in [5, 5.41) is 10.2. The van der Waals surface area contributed by atoms with Crippen LogP contribution in [0.15, 0.2) is 11.6 Å². The Morgan fingerprint density at radius 1 is 1.21 bits per heavy atom. The molecule has 0 heterocycles. The van der Waals surface area contributed by atoms with Gasteiger partial charge in [-0.2, -0.15) is 0 Å². The average molecular weight is 389 g/mol. The standard InChI is InChI=1S/C25H40O3/c1-16(5-10-23(27)28-4)20-8-9-21-19-7-6-17-15-18(26)11-13-24(17,2)22(19)12-14-25(20,21)3/h6,16,18-22,26H,5,7-15H2,1-4H3/t16-,18-,19-,20+,21-,22-,24-,25+/m0/s1. The monoisotopic (exact) mass is 388 g/mol. The van der Waals surface area contributed by atoms with Gasteiger partial charge in [0.15, 0.2) is 0 Å². The van der Waals surface area contributed by atoms with Crippen LogP contribution in [-0.2, 0) is 9.53 Å². The zero-order chi connectivity index (χ0) is 20.1. The molecule has 3 nitrogen and oxygen atoms in total. The Labute approximate surface area is 171 Å². The van der Waals surface area contributed by atoms with Crippen LogP contribution >= 0.6 is 0 Å². The van der Waals surface area contributed by atoms with Gasteiger partial charge in [-0.3, -0.25) is 4.79 Å². The van der Waals surface area contributed by atoms with E-state index in [2.05, 4.69) is 26.8 Å². The number of hydrogen-bond donors (Lipinski definition) is 1. The van der Waals surface area contributed by atoms with Crippen LogP contribution in [0.2, 0.25) is 0 Å². The number of esters is 1. The van der Waals surface area contributed by atoms with Crippen molar-refractivity contribution in [3.05, 3.63) is 11.6 Å². The molecule has 0 amide bonds. The maximum Gasteiger partial charge on any atom is 0.305 e. The van der Waals surface area contributed by atoms with Crippen molar-refractivity contribution >= 4 is 5.97 Å². The van der Waals surface area contributed by atoms with Gasteiger partial charge in [-0.25, -0.2) is 0 Å². The van der Waals surface area contributed by atoms with Gasteiger partial charge in [0.1, 0.15) is 0 Å². The molecule has 4 aliphatic rings. The van der Waals surface area contributed by atoms with Crippen LogP contribution in [0.4, 0.5) is 0 Å². The minimum atomic E-state index is -0.115. The molecule has 4 rings (SSSR count). The van der Waals surface area contributed by atoms with Crippen LogP contribution in [0.25, 0.3) is 0 Å². The van der Waals surface area contributed by atoms with E-state index in [0.29, 0.717) is 23.2 Å². The number of carbonyl (C=O) groups excluding carboxylic acids is 1. The lowest BCUT2D eigenvalue weighted by molar-refractivity contribution is -0.141. The number of methoxy groups -OCH3 is 1. The van der Waals surface area contributed by atoms with Crippen molar-refractivity contribution in [2.24, 2.45) is 40.4 Å². The molecule has 0 spiro atoms. The molecule has 158 valence electrons. The van der Waals surface area contributed by atoms with Gasteiger partial charge in [-0.15, -0.1) is 0 Å². The molecule has 3 saturated carbocycles. The fourth-order valence-electron chi connectivity index (χ4n) is 8.27. The summed E-state index contributed by atoms with van der Waals surface area (Å²) in [5.41, 5.74) is 2.34. The predicted octanol–water partition coefficient (Wildman–Crippen LogP) is 5.52. The maximum absolute atomic E-state index is 11.6. The van der Waals surface area contributed by atoms with Crippen molar-refractivity contribution < 1.29 is 14.6 Å². The normalized spacial score (nSPS) is 46.0. The highest BCUT2D eigenvalue weighted by molar-refractivity contribution is 5.69. The van der Waals surface area contributed by atoms with Gasteiger partial charge in [0.2, 0.25) is 0 Å². The first kappa shape index (κ1) is 20.4. The zero-order valence-corrected chi connectivity index (χ0v) is 18.4. The lowest BCUT2D eigenvalue weighted by Crippen LogP contribution is -2.50. The largest absolute Gasteiger partial charge is 0.469 e. The highest BCUT2D eigenvalue weighted by Crippen LogP contribution is 2.67. The van der Waals surface area contributed by atoms with E-state index in [1.807, 2.05) is 0 Å². The molecule has 0 radical (unpaired) electrons. The Morgan fingerprint density at radius 2 is 2.00 bits per heavy atom. The van der Waals surface area contributed by atoms with E-state index in [4.69, 9.17) is 4.74 Å². The van der Waals surface area contributed by atoms with Crippen LogP contribution in [0.1, 0.15) is 85.0 Å². The van der Waals surface area contributed by atoms with Gasteiger partial charge in [0, 0.05) is 6.42 Å². The van der Waals surface area contributed by atoms with E-state index < -0.39 is 0 Å². The van der Waals surface area contributed by atoms with Crippen LogP contribution in [0.5, 0.6) is 0 Å². The van der Waals surface area contributed by atoms with Gasteiger partial charge in [0.05, 0.1) is 13.2 Å². The number of hydrogen-bond acceptors (Lipinski definition) is 3. The topological polar surface area (TPSA) is 46.5 Å². The first-order chi connectivity index (χ1) is 13.3. The summed E-state index contributed by atoms with van der Waals surface area (Å²) in [6, 6.07) is 0. The summed E-state index contributed by atoms with van der Waals surface area (Å²) in [4.78, 5) is 11.6. The van der Waals surface area contributed by atoms with Crippen LogP contribution in [-0.4, -0.2) is 24.3 Å². The fraction of sp³-hybridized carbons (Fsp3) is 0.880. The summed E-state index contributed by atoms with van der Waals surface area (Å²) in [5.74, 6) is 3.74. The van der Waals surface area contributed by atoms with E-state index in [1.165, 1.54) is 45.6 Å². The summed E-state index contributed by atoms with van der Waals surface area (Å²) in [6.45, 7) is 7.46. The Balaban J connectivity index is 1.51. The number of allylic oxidation sites excluding steroid dienone is 1. The van der Waals surface area contributed by atoms with Gasteiger partial charge >= 0.3 is 5.97 Å². The van der Waals surface area contributed by atoms with Crippen LogP contribution in [0, 0.1) is 40.4 Å². The highest BCUT2D eigenvalue weighted by Gasteiger charge is 2.59. The first-order valence-corrected chi connectivity index (χ1v) is 11.7. The molecule has 0 aromatic carbocycles. The molecule has 0 aromatic heterocycles. The Hall–Kier alpha value is -0.830. The average Bonchev–Trinajstić information content (AvgIpc) is 3.03. The molecule has 0 aliphatic heterocycles. The lowest BCUT2D eigenvalue weighted by atomic mass is 9.47. The lowest BCUT2D eigenvalue weighted by Gasteiger charge is -2.58. The van der Waals surface area contributed by atoms with Crippen molar-refractivity contribution in [2.45, 2.75) is 91.1 Å². The van der Waals surface area contributed by atoms with E-state index in [9.17, 15) is 9.90 Å². The SMILES string of the molecule is COC(=O)CC[C@H](C)[C@H]1CC[C@H]2[C@@H]3CC=C4C[C@@H](O)CC[C@]4(C)[C@H]3CC[C@]12C. The summed E-state index contributed by atoms with van der Waals surface area (Å²) < 4.78 is 4.87. The van der Waals surface area contributed by atoms with E-state index in [1.54, 1.807) is 5.57 Å². The predicted molar refractivity (Wildman–Crippen MR) is 112 cm³/mol. The molecule has 0 bridgehead atoms. The second kappa shape index (κ2) is 7.45. The minimum absolute atomic E-state index is 0.0624. The first-order valence-electron chi connectivity index (χ1n) is 11.7. The molecule has 28 heavy (non-hydrogen) atoms. The highest BCUT2D eigenvalue weighted by atomic mass is 16.5. The molecule has 3 heteroatoms. The summed E-state index contributed by atoms with van der Waals surface area (Å²) in [7, 11) is 1.50.